The molecule has 1 amide bonds. The highest BCUT2D eigenvalue weighted by molar-refractivity contribution is 7.13. The lowest BCUT2D eigenvalue weighted by Crippen LogP contribution is -2.16. The largest absolute Gasteiger partial charge is 0.302 e. The van der Waals surface area contributed by atoms with E-state index in [1.165, 1.54) is 11.3 Å². The third-order valence-corrected chi connectivity index (χ3v) is 3.18. The Hall–Kier alpha value is -0.900. The standard InChI is InChI=1S/C9H12N2OS/c1-9(2)5-6(9)7(12)11-8-10-3-4-13-8/h3-4,6H,5H2,1-2H3,(H,10,11,12). The van der Waals surface area contributed by atoms with E-state index in [0.717, 1.165) is 6.42 Å². The Labute approximate surface area is 81.2 Å². The molecule has 1 aliphatic carbocycles. The van der Waals surface area contributed by atoms with Gasteiger partial charge in [-0.2, -0.15) is 0 Å². The Kier molecular flexibility index (Phi) is 1.87. The number of nitrogens with one attached hydrogen (secondary N) is 1. The lowest BCUT2D eigenvalue weighted by Gasteiger charge is -2.02. The number of aromatic nitrogens is 1. The SMILES string of the molecule is CC1(C)CC1C(=O)Nc1nccs1. The Morgan fingerprint density at radius 3 is 2.92 bits per heavy atom. The molecule has 1 atom stereocenters. The molecule has 1 saturated carbocycles. The number of hydrogen-bond donors (Lipinski definition) is 1. The van der Waals surface area contributed by atoms with Crippen molar-refractivity contribution < 1.29 is 4.79 Å². The molecule has 13 heavy (non-hydrogen) atoms. The third kappa shape index (κ3) is 1.72. The zero-order valence-electron chi connectivity index (χ0n) is 7.70. The summed E-state index contributed by atoms with van der Waals surface area (Å²) in [6.07, 6.45) is 2.68. The molecule has 0 spiro atoms. The van der Waals surface area contributed by atoms with E-state index in [0.29, 0.717) is 5.13 Å². The van der Waals surface area contributed by atoms with Gasteiger partial charge in [0, 0.05) is 17.5 Å². The molecule has 0 saturated heterocycles. The van der Waals surface area contributed by atoms with Crippen LogP contribution in [0.3, 0.4) is 0 Å². The van der Waals surface area contributed by atoms with Gasteiger partial charge in [0.05, 0.1) is 0 Å². The quantitative estimate of drug-likeness (QED) is 0.787. The van der Waals surface area contributed by atoms with E-state index in [9.17, 15) is 4.79 Å². The van der Waals surface area contributed by atoms with Crippen molar-refractivity contribution in [2.45, 2.75) is 20.3 Å². The summed E-state index contributed by atoms with van der Waals surface area (Å²) >= 11 is 1.45. The summed E-state index contributed by atoms with van der Waals surface area (Å²) in [4.78, 5) is 15.5. The van der Waals surface area contributed by atoms with Crippen molar-refractivity contribution in [1.82, 2.24) is 4.98 Å². The van der Waals surface area contributed by atoms with Gasteiger partial charge in [-0.1, -0.05) is 13.8 Å². The molecule has 70 valence electrons. The van der Waals surface area contributed by atoms with Gasteiger partial charge in [0.25, 0.3) is 0 Å². The van der Waals surface area contributed by atoms with Gasteiger partial charge in [-0.05, 0) is 11.8 Å². The zero-order valence-corrected chi connectivity index (χ0v) is 8.52. The summed E-state index contributed by atoms with van der Waals surface area (Å²) in [5.41, 5.74) is 0.196. The minimum Gasteiger partial charge on any atom is -0.302 e. The normalized spacial score (nSPS) is 24.0. The van der Waals surface area contributed by atoms with Crippen molar-refractivity contribution in [3.05, 3.63) is 11.6 Å². The molecule has 0 bridgehead atoms. The minimum atomic E-state index is 0.111. The molecule has 1 aromatic heterocycles. The molecule has 3 nitrogen and oxygen atoms in total. The van der Waals surface area contributed by atoms with E-state index in [-0.39, 0.29) is 17.2 Å². The summed E-state index contributed by atoms with van der Waals surface area (Å²) in [5.74, 6) is 0.288. The second-order valence-electron chi connectivity index (χ2n) is 4.07. The lowest BCUT2D eigenvalue weighted by atomic mass is 10.1. The fourth-order valence-corrected chi connectivity index (χ4v) is 1.92. The van der Waals surface area contributed by atoms with Crippen LogP contribution in [-0.2, 0) is 4.79 Å². The number of amides is 1. The fourth-order valence-electron chi connectivity index (χ4n) is 1.39. The number of nitrogens with zero attached hydrogens (tertiary/aromatic N) is 1. The molecule has 0 radical (unpaired) electrons. The highest BCUT2D eigenvalue weighted by Crippen LogP contribution is 2.51. The first kappa shape index (κ1) is 8.69. The monoisotopic (exact) mass is 196 g/mol. The van der Waals surface area contributed by atoms with Crippen molar-refractivity contribution >= 4 is 22.4 Å². The predicted octanol–water partition coefficient (Wildman–Crippen LogP) is 2.13. The molecule has 1 heterocycles. The van der Waals surface area contributed by atoms with E-state index in [1.54, 1.807) is 6.20 Å². The first-order valence-electron chi connectivity index (χ1n) is 4.30. The molecular formula is C9H12N2OS. The van der Waals surface area contributed by atoms with Crippen LogP contribution in [-0.4, -0.2) is 10.9 Å². The van der Waals surface area contributed by atoms with Gasteiger partial charge in [0.2, 0.25) is 5.91 Å². The van der Waals surface area contributed by atoms with Crippen LogP contribution in [0.15, 0.2) is 11.6 Å². The molecule has 1 N–H and O–H groups in total. The topological polar surface area (TPSA) is 42.0 Å². The molecule has 2 rings (SSSR count). The van der Waals surface area contributed by atoms with E-state index in [1.807, 2.05) is 5.38 Å². The second-order valence-corrected chi connectivity index (χ2v) is 4.97. The fraction of sp³-hybridized carbons (Fsp3) is 0.556. The highest BCUT2D eigenvalue weighted by Gasteiger charge is 2.50. The number of carbonyl (C=O) groups is 1. The molecule has 1 aromatic rings. The summed E-state index contributed by atoms with van der Waals surface area (Å²) in [7, 11) is 0. The smallest absolute Gasteiger partial charge is 0.229 e. The Morgan fingerprint density at radius 1 is 1.77 bits per heavy atom. The zero-order chi connectivity index (χ0) is 9.47. The van der Waals surface area contributed by atoms with Gasteiger partial charge in [-0.3, -0.25) is 4.79 Å². The first-order valence-corrected chi connectivity index (χ1v) is 5.18. The van der Waals surface area contributed by atoms with Crippen molar-refractivity contribution in [3.63, 3.8) is 0 Å². The van der Waals surface area contributed by atoms with Crippen molar-refractivity contribution in [3.8, 4) is 0 Å². The van der Waals surface area contributed by atoms with Crippen LogP contribution in [0.5, 0.6) is 0 Å². The summed E-state index contributed by atoms with van der Waals surface area (Å²) < 4.78 is 0. The second kappa shape index (κ2) is 2.80. The van der Waals surface area contributed by atoms with Gasteiger partial charge in [-0.15, -0.1) is 11.3 Å². The van der Waals surface area contributed by atoms with Crippen LogP contribution < -0.4 is 5.32 Å². The maximum Gasteiger partial charge on any atom is 0.229 e. The lowest BCUT2D eigenvalue weighted by molar-refractivity contribution is -0.117. The molecule has 0 aromatic carbocycles. The van der Waals surface area contributed by atoms with Crippen molar-refractivity contribution in [2.75, 3.05) is 5.32 Å². The molecular weight excluding hydrogens is 184 g/mol. The molecule has 1 aliphatic rings. The van der Waals surface area contributed by atoms with Gasteiger partial charge in [0.1, 0.15) is 0 Å². The third-order valence-electron chi connectivity index (χ3n) is 2.49. The number of thiazole rings is 1. The van der Waals surface area contributed by atoms with Gasteiger partial charge in [-0.25, -0.2) is 4.98 Å². The van der Waals surface area contributed by atoms with Crippen LogP contribution >= 0.6 is 11.3 Å². The van der Waals surface area contributed by atoms with E-state index in [2.05, 4.69) is 24.1 Å². The number of anilines is 1. The van der Waals surface area contributed by atoms with Crippen molar-refractivity contribution in [1.29, 1.82) is 0 Å². The molecule has 4 heteroatoms. The Morgan fingerprint density at radius 2 is 2.46 bits per heavy atom. The average Bonchev–Trinajstić information content (AvgIpc) is 2.49. The van der Waals surface area contributed by atoms with Gasteiger partial charge >= 0.3 is 0 Å². The van der Waals surface area contributed by atoms with Gasteiger partial charge in [0.15, 0.2) is 5.13 Å². The predicted molar refractivity (Wildman–Crippen MR) is 52.6 cm³/mol. The maximum atomic E-state index is 11.5. The number of carbonyl (C=O) groups excluding carboxylic acids is 1. The van der Waals surface area contributed by atoms with Gasteiger partial charge < -0.3 is 5.32 Å². The van der Waals surface area contributed by atoms with Crippen LogP contribution in [0.4, 0.5) is 5.13 Å². The van der Waals surface area contributed by atoms with Crippen LogP contribution in [0.2, 0.25) is 0 Å². The summed E-state index contributed by atoms with van der Waals surface area (Å²) in [6.45, 7) is 4.22. The maximum absolute atomic E-state index is 11.5. The number of hydrogen-bond acceptors (Lipinski definition) is 3. The average molecular weight is 196 g/mol. The highest BCUT2D eigenvalue weighted by atomic mass is 32.1. The molecule has 1 fully saturated rings. The number of rotatable bonds is 2. The van der Waals surface area contributed by atoms with Crippen LogP contribution in [0.1, 0.15) is 20.3 Å². The molecule has 0 aliphatic heterocycles. The van der Waals surface area contributed by atoms with Crippen LogP contribution in [0.25, 0.3) is 0 Å². The summed E-state index contributed by atoms with van der Waals surface area (Å²) in [6, 6.07) is 0. The van der Waals surface area contributed by atoms with Crippen LogP contribution in [0, 0.1) is 11.3 Å². The van der Waals surface area contributed by atoms with E-state index < -0.39 is 0 Å². The molecule has 1 unspecified atom stereocenters. The minimum absolute atomic E-state index is 0.111. The first-order chi connectivity index (χ1) is 6.09. The Balaban J connectivity index is 1.94. The van der Waals surface area contributed by atoms with E-state index >= 15 is 0 Å². The van der Waals surface area contributed by atoms with Crippen molar-refractivity contribution in [2.24, 2.45) is 11.3 Å². The summed E-state index contributed by atoms with van der Waals surface area (Å²) in [5, 5.41) is 5.36. The van der Waals surface area contributed by atoms with E-state index in [4.69, 9.17) is 0 Å². The Bertz CT molecular complexity index is 318.